The number of nitrogens with zero attached hydrogens (tertiary/aromatic N) is 3. The van der Waals surface area contributed by atoms with Gasteiger partial charge in [-0.15, -0.1) is 0 Å². The molecule has 13 nitrogen and oxygen atoms in total. The second-order valence-electron chi connectivity index (χ2n) is 6.92. The van der Waals surface area contributed by atoms with Crippen LogP contribution < -0.4 is 17.1 Å². The van der Waals surface area contributed by atoms with Crippen molar-refractivity contribution >= 4 is 25.5 Å². The van der Waals surface area contributed by atoms with Crippen LogP contribution in [0.5, 0.6) is 0 Å². The maximum Gasteiger partial charge on any atom is 0.519 e. The number of aliphatic hydroxyl groups is 1. The molecule has 3 heterocycles. The Morgan fingerprint density at radius 2 is 1.88 bits per heavy atom. The van der Waals surface area contributed by atoms with Crippen molar-refractivity contribution < 1.29 is 27.7 Å². The van der Waals surface area contributed by atoms with E-state index in [1.54, 1.807) is 4.57 Å². The largest absolute Gasteiger partial charge is 0.519 e. The van der Waals surface area contributed by atoms with Crippen LogP contribution in [-0.4, -0.2) is 37.6 Å². The number of aliphatic hydroxyl groups excluding tert-OH is 1. The smallest absolute Gasteiger partial charge is 0.393 e. The third kappa shape index (κ3) is 5.95. The van der Waals surface area contributed by atoms with Gasteiger partial charge in [0.15, 0.2) is 31.1 Å². The molecule has 0 bridgehead atoms. The number of hydrogen-bond donors (Lipinski definition) is 3. The molecule has 0 saturated heterocycles. The molecule has 0 aliphatic rings. The fourth-order valence-electron chi connectivity index (χ4n) is 2.97. The predicted molar refractivity (Wildman–Crippen MR) is 119 cm³/mol. The number of benzene rings is 1. The monoisotopic (exact) mass is 491 g/mol. The zero-order valence-corrected chi connectivity index (χ0v) is 18.8. The molecule has 0 radical (unpaired) electrons. The summed E-state index contributed by atoms with van der Waals surface area (Å²) in [5, 5.41) is 9.28. The zero-order valence-electron chi connectivity index (χ0n) is 17.9. The Morgan fingerprint density at radius 3 is 2.68 bits per heavy atom. The molecule has 0 amide bonds. The first-order chi connectivity index (χ1) is 16.5. The van der Waals surface area contributed by atoms with Crippen LogP contribution in [0.1, 0.15) is 17.1 Å². The van der Waals surface area contributed by atoms with E-state index in [9.17, 15) is 14.7 Å². The van der Waals surface area contributed by atoms with Gasteiger partial charge in [-0.25, -0.2) is 9.78 Å². The molecule has 0 aliphatic carbocycles. The van der Waals surface area contributed by atoms with Gasteiger partial charge in [0, 0.05) is 6.54 Å². The average Bonchev–Trinajstić information content (AvgIpc) is 3.41. The average molecular weight is 491 g/mol. The van der Waals surface area contributed by atoms with Crippen LogP contribution >= 0.6 is 8.38 Å². The highest BCUT2D eigenvalue weighted by Gasteiger charge is 2.18. The predicted octanol–water partition coefficient (Wildman–Crippen LogP) is 1.46. The van der Waals surface area contributed by atoms with E-state index in [0.717, 1.165) is 5.56 Å². The number of nitrogen functional groups attached to an aromatic ring is 1. The van der Waals surface area contributed by atoms with E-state index in [1.807, 2.05) is 30.3 Å². The second-order valence-corrected chi connectivity index (χ2v) is 8.36. The number of H-pyrrole nitrogens is 1. The number of aromatic nitrogens is 4. The quantitative estimate of drug-likeness (QED) is 0.193. The molecular formula is C20H22N5O8P. The van der Waals surface area contributed by atoms with Gasteiger partial charge in [0.2, 0.25) is 5.95 Å². The van der Waals surface area contributed by atoms with Crippen molar-refractivity contribution in [1.82, 2.24) is 19.5 Å². The normalized spacial score (nSPS) is 12.4. The van der Waals surface area contributed by atoms with E-state index in [-0.39, 0.29) is 49.2 Å². The molecule has 180 valence electrons. The third-order valence-corrected chi connectivity index (χ3v) is 5.82. The summed E-state index contributed by atoms with van der Waals surface area (Å²) in [6, 6.07) is 9.52. The molecule has 14 heteroatoms. The summed E-state index contributed by atoms with van der Waals surface area (Å²) in [5.74, 6) is -0.839. The number of hydrogen-bond acceptors (Lipinski definition) is 11. The van der Waals surface area contributed by atoms with Crippen LogP contribution in [0.3, 0.4) is 0 Å². The van der Waals surface area contributed by atoms with Gasteiger partial charge in [-0.1, -0.05) is 30.3 Å². The van der Waals surface area contributed by atoms with Gasteiger partial charge < -0.3 is 38.0 Å². The van der Waals surface area contributed by atoms with Gasteiger partial charge in [-0.05, 0) is 5.56 Å². The minimum Gasteiger partial charge on any atom is -0.393 e. The highest BCUT2D eigenvalue weighted by atomic mass is 31.2. The van der Waals surface area contributed by atoms with E-state index in [4.69, 9.17) is 28.4 Å². The standard InChI is InChI=1S/C20H22N5O8P/c21-19-23-17-16(18(27)24-19)22-11-25(17)6-7-29-12-34(30-9-13-4-2-1-3-5-13)31-10-15-14(8-26)32-20(28)33-15/h1-5,11,26H,6-10,12H2,(H3,21,23,24,27). The molecule has 1 aromatic carbocycles. The van der Waals surface area contributed by atoms with Crippen molar-refractivity contribution in [3.63, 3.8) is 0 Å². The van der Waals surface area contributed by atoms with Crippen molar-refractivity contribution in [1.29, 1.82) is 0 Å². The molecule has 4 aromatic rings. The van der Waals surface area contributed by atoms with Crippen molar-refractivity contribution in [2.45, 2.75) is 26.4 Å². The Morgan fingerprint density at radius 1 is 1.12 bits per heavy atom. The second kappa shape index (κ2) is 11.2. The van der Waals surface area contributed by atoms with Crippen LogP contribution in [0.4, 0.5) is 5.95 Å². The van der Waals surface area contributed by atoms with E-state index < -0.39 is 26.4 Å². The molecule has 0 aliphatic heterocycles. The molecule has 34 heavy (non-hydrogen) atoms. The topological polar surface area (TPSA) is 181 Å². The lowest BCUT2D eigenvalue weighted by Crippen LogP contribution is -2.13. The first-order valence-electron chi connectivity index (χ1n) is 10.1. The molecule has 0 saturated carbocycles. The van der Waals surface area contributed by atoms with Gasteiger partial charge >= 0.3 is 5.82 Å². The lowest BCUT2D eigenvalue weighted by molar-refractivity contribution is 0.135. The molecule has 4 N–H and O–H groups in total. The summed E-state index contributed by atoms with van der Waals surface area (Å²) in [7, 11) is -1.55. The van der Waals surface area contributed by atoms with Crippen LogP contribution in [0, 0.1) is 0 Å². The Hall–Kier alpha value is -3.35. The lowest BCUT2D eigenvalue weighted by Gasteiger charge is -2.17. The molecule has 0 spiro atoms. The maximum atomic E-state index is 11.9. The van der Waals surface area contributed by atoms with Crippen LogP contribution in [0.25, 0.3) is 11.2 Å². The van der Waals surface area contributed by atoms with Crippen molar-refractivity contribution in [2.24, 2.45) is 0 Å². The summed E-state index contributed by atoms with van der Waals surface area (Å²) in [6.07, 6.45) is 1.60. The number of fused-ring (bicyclic) bond motifs is 1. The SMILES string of the molecule is Nc1nc2c(ncn2CCOCP(OCc2ccccc2)OCc2oc(=O)oc2CO)c(=O)[nH]1. The zero-order chi connectivity index (χ0) is 23.9. The Labute approximate surface area is 193 Å². The van der Waals surface area contributed by atoms with Gasteiger partial charge in [-0.3, -0.25) is 9.78 Å². The van der Waals surface area contributed by atoms with Gasteiger partial charge in [0.1, 0.15) is 19.6 Å². The molecule has 1 atom stereocenters. The number of ether oxygens (including phenoxy) is 1. The number of nitrogens with one attached hydrogen (secondary N) is 1. The molecular weight excluding hydrogens is 469 g/mol. The number of imidazole rings is 1. The van der Waals surface area contributed by atoms with Gasteiger partial charge in [0.25, 0.3) is 5.56 Å². The lowest BCUT2D eigenvalue weighted by atomic mass is 10.2. The van der Waals surface area contributed by atoms with Crippen molar-refractivity contribution in [3.05, 3.63) is 74.7 Å². The fourth-order valence-corrected chi connectivity index (χ4v) is 4.02. The van der Waals surface area contributed by atoms with E-state index in [1.165, 1.54) is 6.33 Å². The summed E-state index contributed by atoms with van der Waals surface area (Å²) >= 11 is 0. The van der Waals surface area contributed by atoms with E-state index in [2.05, 4.69) is 15.0 Å². The molecule has 4 rings (SSSR count). The van der Waals surface area contributed by atoms with Gasteiger partial charge in [-0.2, -0.15) is 4.98 Å². The fraction of sp³-hybridized carbons (Fsp3) is 0.300. The molecule has 1 unspecified atom stereocenters. The van der Waals surface area contributed by atoms with Crippen LogP contribution in [-0.2, 0) is 40.1 Å². The van der Waals surface area contributed by atoms with Crippen molar-refractivity contribution in [3.8, 4) is 0 Å². The van der Waals surface area contributed by atoms with Crippen LogP contribution in [0.15, 0.2) is 55.1 Å². The first kappa shape index (κ1) is 23.8. The molecule has 3 aromatic heterocycles. The summed E-state index contributed by atoms with van der Waals surface area (Å²) in [6.45, 7) is 0.267. The van der Waals surface area contributed by atoms with E-state index >= 15 is 0 Å². The Balaban J connectivity index is 1.35. The minimum absolute atomic E-state index is 0.000419. The highest BCUT2D eigenvalue weighted by Crippen LogP contribution is 2.40. The number of nitrogens with two attached hydrogens (primary N) is 1. The van der Waals surface area contributed by atoms with E-state index in [0.29, 0.717) is 12.2 Å². The van der Waals surface area contributed by atoms with Crippen molar-refractivity contribution in [2.75, 3.05) is 18.7 Å². The summed E-state index contributed by atoms with van der Waals surface area (Å²) in [5.41, 5.74) is 6.69. The number of anilines is 1. The minimum atomic E-state index is -1.55. The van der Waals surface area contributed by atoms with Crippen LogP contribution in [0.2, 0.25) is 0 Å². The molecule has 0 fully saturated rings. The first-order valence-corrected chi connectivity index (χ1v) is 11.5. The Bertz CT molecular complexity index is 1330. The number of rotatable bonds is 12. The third-order valence-electron chi connectivity index (χ3n) is 4.59. The number of aromatic amines is 1. The highest BCUT2D eigenvalue weighted by molar-refractivity contribution is 7.46. The maximum absolute atomic E-state index is 11.9. The summed E-state index contributed by atoms with van der Waals surface area (Å²) in [4.78, 5) is 33.7. The summed E-state index contributed by atoms with van der Waals surface area (Å²) < 4.78 is 28.7. The Kier molecular flexibility index (Phi) is 7.83. The van der Waals surface area contributed by atoms with Gasteiger partial charge in [0.05, 0.1) is 19.5 Å².